The number of nitrogens with two attached hydrogens (primary N) is 1. The van der Waals surface area contributed by atoms with Crippen LogP contribution >= 0.6 is 0 Å². The van der Waals surface area contributed by atoms with Crippen molar-refractivity contribution in [3.63, 3.8) is 0 Å². The largest absolute Gasteiger partial charge is 0.369 e. The van der Waals surface area contributed by atoms with Gasteiger partial charge in [0.2, 0.25) is 5.91 Å². The van der Waals surface area contributed by atoms with Crippen LogP contribution in [0.4, 0.5) is 0 Å². The van der Waals surface area contributed by atoms with Crippen LogP contribution in [-0.2, 0) is 4.79 Å². The smallest absolute Gasteiger partial charge is 0.231 e. The molecule has 0 aromatic heterocycles. The standard InChI is InChI=1S/C12H22N2O3/c1-4-6-7-9(5-2)11(12(16)17)14(3)8-10(13)15/h5-7,11-12,16-17H,4,8H2,1-3H3,(H2,13,15)/b7-6-,9-5+. The number of amides is 1. The first-order valence-electron chi connectivity index (χ1n) is 5.61. The van der Waals surface area contributed by atoms with Gasteiger partial charge < -0.3 is 15.9 Å². The van der Waals surface area contributed by atoms with Gasteiger partial charge in [-0.15, -0.1) is 0 Å². The lowest BCUT2D eigenvalue weighted by Crippen LogP contribution is -2.45. The van der Waals surface area contributed by atoms with Gasteiger partial charge in [0, 0.05) is 0 Å². The summed E-state index contributed by atoms with van der Waals surface area (Å²) in [4.78, 5) is 12.4. The van der Waals surface area contributed by atoms with Crippen LogP contribution in [0.2, 0.25) is 0 Å². The van der Waals surface area contributed by atoms with Crippen molar-refractivity contribution in [2.45, 2.75) is 32.6 Å². The van der Waals surface area contributed by atoms with E-state index in [4.69, 9.17) is 5.73 Å². The van der Waals surface area contributed by atoms with E-state index in [9.17, 15) is 15.0 Å². The Bertz CT molecular complexity index is 298. The minimum atomic E-state index is -1.56. The second-order valence-electron chi connectivity index (χ2n) is 3.84. The Morgan fingerprint density at radius 1 is 1.47 bits per heavy atom. The van der Waals surface area contributed by atoms with E-state index >= 15 is 0 Å². The number of likely N-dealkylation sites (N-methyl/N-ethyl adjacent to an activating group) is 1. The zero-order valence-corrected chi connectivity index (χ0v) is 10.6. The van der Waals surface area contributed by atoms with Crippen molar-refractivity contribution in [3.05, 3.63) is 23.8 Å². The van der Waals surface area contributed by atoms with Gasteiger partial charge in [0.05, 0.1) is 12.6 Å². The van der Waals surface area contributed by atoms with Crippen molar-refractivity contribution in [2.24, 2.45) is 5.73 Å². The third-order valence-corrected chi connectivity index (χ3v) is 2.38. The molecule has 0 rings (SSSR count). The van der Waals surface area contributed by atoms with Crippen LogP contribution in [0.1, 0.15) is 20.3 Å². The number of allylic oxidation sites excluding steroid dienone is 2. The third-order valence-electron chi connectivity index (χ3n) is 2.38. The summed E-state index contributed by atoms with van der Waals surface area (Å²) in [5.74, 6) is -0.506. The molecule has 4 N–H and O–H groups in total. The van der Waals surface area contributed by atoms with Gasteiger partial charge in [-0.05, 0) is 26.0 Å². The van der Waals surface area contributed by atoms with Gasteiger partial charge in [-0.2, -0.15) is 0 Å². The number of rotatable bonds is 7. The third kappa shape index (κ3) is 5.63. The van der Waals surface area contributed by atoms with Crippen LogP contribution in [0.3, 0.4) is 0 Å². The zero-order chi connectivity index (χ0) is 13.4. The van der Waals surface area contributed by atoms with Gasteiger partial charge in [-0.25, -0.2) is 0 Å². The maximum atomic E-state index is 10.8. The molecule has 5 heteroatoms. The Labute approximate surface area is 102 Å². The molecule has 0 aliphatic heterocycles. The molecule has 1 unspecified atom stereocenters. The van der Waals surface area contributed by atoms with E-state index in [1.165, 1.54) is 4.90 Å². The summed E-state index contributed by atoms with van der Waals surface area (Å²) in [5, 5.41) is 18.8. The summed E-state index contributed by atoms with van der Waals surface area (Å²) in [5.41, 5.74) is 5.83. The molecule has 0 radical (unpaired) electrons. The molecule has 0 aromatic carbocycles. The molecule has 1 atom stereocenters. The summed E-state index contributed by atoms with van der Waals surface area (Å²) < 4.78 is 0. The van der Waals surface area contributed by atoms with Crippen LogP contribution in [0, 0.1) is 0 Å². The van der Waals surface area contributed by atoms with Crippen LogP contribution in [0.5, 0.6) is 0 Å². The minimum absolute atomic E-state index is 0.0282. The Kier molecular flexibility index (Phi) is 7.45. The maximum absolute atomic E-state index is 10.8. The highest BCUT2D eigenvalue weighted by Gasteiger charge is 2.25. The molecule has 0 fully saturated rings. The lowest BCUT2D eigenvalue weighted by molar-refractivity contribution is -0.122. The molecule has 0 saturated heterocycles. The first-order chi connectivity index (χ1) is 7.93. The molecule has 17 heavy (non-hydrogen) atoms. The lowest BCUT2D eigenvalue weighted by Gasteiger charge is -2.29. The van der Waals surface area contributed by atoms with Crippen molar-refractivity contribution < 1.29 is 15.0 Å². The molecule has 5 nitrogen and oxygen atoms in total. The van der Waals surface area contributed by atoms with Gasteiger partial charge in [-0.3, -0.25) is 9.69 Å². The number of hydrogen-bond donors (Lipinski definition) is 3. The highest BCUT2D eigenvalue weighted by Crippen LogP contribution is 2.14. The molecule has 0 saturated carbocycles. The first kappa shape index (κ1) is 15.8. The number of nitrogens with zero attached hydrogens (tertiary/aromatic N) is 1. The Morgan fingerprint density at radius 2 is 2.06 bits per heavy atom. The molecular formula is C12H22N2O3. The second-order valence-corrected chi connectivity index (χ2v) is 3.84. The lowest BCUT2D eigenvalue weighted by atomic mass is 10.0. The molecule has 0 heterocycles. The van der Waals surface area contributed by atoms with E-state index in [-0.39, 0.29) is 6.54 Å². The van der Waals surface area contributed by atoms with Gasteiger partial charge in [0.1, 0.15) is 0 Å². The number of carbonyl (C=O) groups excluding carboxylic acids is 1. The molecule has 98 valence electrons. The van der Waals surface area contributed by atoms with Crippen LogP contribution in [-0.4, -0.2) is 46.9 Å². The topological polar surface area (TPSA) is 86.8 Å². The van der Waals surface area contributed by atoms with E-state index in [1.807, 2.05) is 26.0 Å². The summed E-state index contributed by atoms with van der Waals surface area (Å²) >= 11 is 0. The molecular weight excluding hydrogens is 220 g/mol. The number of aliphatic hydroxyl groups excluding tert-OH is 1. The van der Waals surface area contributed by atoms with E-state index < -0.39 is 18.2 Å². The van der Waals surface area contributed by atoms with Crippen LogP contribution in [0.25, 0.3) is 0 Å². The predicted molar refractivity (Wildman–Crippen MR) is 67.0 cm³/mol. The van der Waals surface area contributed by atoms with Crippen molar-refractivity contribution >= 4 is 5.91 Å². The van der Waals surface area contributed by atoms with Gasteiger partial charge in [0.25, 0.3) is 0 Å². The van der Waals surface area contributed by atoms with E-state index in [2.05, 4.69) is 0 Å². The molecule has 0 aliphatic carbocycles. The summed E-state index contributed by atoms with van der Waals surface area (Å²) in [6.45, 7) is 3.77. The van der Waals surface area contributed by atoms with E-state index in [0.29, 0.717) is 0 Å². The first-order valence-corrected chi connectivity index (χ1v) is 5.61. The summed E-state index contributed by atoms with van der Waals surface area (Å²) in [6.07, 6.45) is 4.82. The number of aliphatic hydroxyl groups is 2. The molecule has 0 bridgehead atoms. The predicted octanol–water partition coefficient (Wildman–Crippen LogP) is -0.00470. The number of hydrogen-bond acceptors (Lipinski definition) is 4. The second kappa shape index (κ2) is 8.00. The average Bonchev–Trinajstić information content (AvgIpc) is 2.21. The van der Waals surface area contributed by atoms with Gasteiger partial charge in [-0.1, -0.05) is 25.2 Å². The van der Waals surface area contributed by atoms with E-state index in [0.717, 1.165) is 12.0 Å². The Morgan fingerprint density at radius 3 is 2.41 bits per heavy atom. The van der Waals surface area contributed by atoms with Crippen molar-refractivity contribution in [1.29, 1.82) is 0 Å². The summed E-state index contributed by atoms with van der Waals surface area (Å²) in [6, 6.07) is -0.657. The molecule has 0 aromatic rings. The Hall–Kier alpha value is -1.17. The van der Waals surface area contributed by atoms with E-state index in [1.54, 1.807) is 13.1 Å². The fourth-order valence-electron chi connectivity index (χ4n) is 1.62. The van der Waals surface area contributed by atoms with Gasteiger partial charge in [0.15, 0.2) is 6.29 Å². The monoisotopic (exact) mass is 242 g/mol. The van der Waals surface area contributed by atoms with Gasteiger partial charge >= 0.3 is 0 Å². The van der Waals surface area contributed by atoms with Crippen molar-refractivity contribution in [3.8, 4) is 0 Å². The SMILES string of the molecule is C/C=C(\C=C/CC)C(C(O)O)N(C)CC(N)=O. The average molecular weight is 242 g/mol. The highest BCUT2D eigenvalue weighted by molar-refractivity contribution is 5.76. The summed E-state index contributed by atoms with van der Waals surface area (Å²) in [7, 11) is 1.62. The zero-order valence-electron chi connectivity index (χ0n) is 10.6. The normalized spacial score (nSPS) is 14.9. The fourth-order valence-corrected chi connectivity index (χ4v) is 1.62. The van der Waals surface area contributed by atoms with Crippen molar-refractivity contribution in [2.75, 3.05) is 13.6 Å². The highest BCUT2D eigenvalue weighted by atomic mass is 16.5. The maximum Gasteiger partial charge on any atom is 0.231 e. The fraction of sp³-hybridized carbons (Fsp3) is 0.583. The number of primary amides is 1. The molecule has 0 spiro atoms. The van der Waals surface area contributed by atoms with Crippen LogP contribution in [0.15, 0.2) is 23.8 Å². The Balaban J connectivity index is 4.93. The quantitative estimate of drug-likeness (QED) is 0.433. The minimum Gasteiger partial charge on any atom is -0.369 e. The van der Waals surface area contributed by atoms with Crippen molar-refractivity contribution in [1.82, 2.24) is 4.90 Å². The molecule has 1 amide bonds. The molecule has 0 aliphatic rings. The number of carbonyl (C=O) groups is 1. The van der Waals surface area contributed by atoms with Crippen LogP contribution < -0.4 is 5.73 Å².